The fraction of sp³-hybridized carbons (Fsp3) is 0.647. The van der Waals surface area contributed by atoms with Crippen LogP contribution in [0.5, 0.6) is 0 Å². The average Bonchev–Trinajstić information content (AvgIpc) is 2.44. The second kappa shape index (κ2) is 9.90. The standard InChI is InChI=1S/C17H30N2O2/c1-14(2)17(11-19(3)4)18-10-16(20)13-21-12-15-8-6-5-7-9-15/h5-9,14,16-18,20H,10-13H2,1-4H3. The Hall–Kier alpha value is -0.940. The number of ether oxygens (including phenoxy) is 1. The van der Waals surface area contributed by atoms with Gasteiger partial charge < -0.3 is 20.1 Å². The summed E-state index contributed by atoms with van der Waals surface area (Å²) in [6.07, 6.45) is -0.475. The first-order valence-electron chi connectivity index (χ1n) is 7.67. The van der Waals surface area contributed by atoms with Crippen molar-refractivity contribution in [2.24, 2.45) is 5.92 Å². The van der Waals surface area contributed by atoms with E-state index in [-0.39, 0.29) is 0 Å². The quantitative estimate of drug-likeness (QED) is 0.690. The highest BCUT2D eigenvalue weighted by Crippen LogP contribution is 2.04. The molecule has 0 radical (unpaired) electrons. The minimum absolute atomic E-state index is 0.356. The van der Waals surface area contributed by atoms with Gasteiger partial charge in [-0.15, -0.1) is 0 Å². The molecule has 0 aliphatic rings. The molecule has 21 heavy (non-hydrogen) atoms. The first-order chi connectivity index (χ1) is 9.99. The maximum atomic E-state index is 9.99. The molecule has 0 bridgehead atoms. The van der Waals surface area contributed by atoms with Gasteiger partial charge in [0.15, 0.2) is 0 Å². The minimum atomic E-state index is -0.475. The van der Waals surface area contributed by atoms with Crippen molar-refractivity contribution in [1.82, 2.24) is 10.2 Å². The van der Waals surface area contributed by atoms with Crippen molar-refractivity contribution in [2.75, 3.05) is 33.8 Å². The van der Waals surface area contributed by atoms with Crippen LogP contribution in [0.15, 0.2) is 30.3 Å². The molecule has 0 aromatic heterocycles. The molecule has 4 nitrogen and oxygen atoms in total. The Morgan fingerprint density at radius 1 is 1.19 bits per heavy atom. The number of nitrogens with one attached hydrogen (secondary N) is 1. The third-order valence-electron chi connectivity index (χ3n) is 3.40. The molecular weight excluding hydrogens is 264 g/mol. The number of hydrogen-bond acceptors (Lipinski definition) is 4. The number of benzene rings is 1. The molecule has 2 N–H and O–H groups in total. The van der Waals surface area contributed by atoms with Gasteiger partial charge in [0.1, 0.15) is 0 Å². The van der Waals surface area contributed by atoms with Crippen LogP contribution in [-0.2, 0) is 11.3 Å². The zero-order valence-electron chi connectivity index (χ0n) is 13.7. The molecule has 0 heterocycles. The van der Waals surface area contributed by atoms with E-state index in [4.69, 9.17) is 4.74 Å². The van der Waals surface area contributed by atoms with Gasteiger partial charge in [0, 0.05) is 19.1 Å². The fourth-order valence-electron chi connectivity index (χ4n) is 2.14. The molecule has 4 heteroatoms. The summed E-state index contributed by atoms with van der Waals surface area (Å²) < 4.78 is 5.55. The van der Waals surface area contributed by atoms with Gasteiger partial charge in [-0.2, -0.15) is 0 Å². The fourth-order valence-corrected chi connectivity index (χ4v) is 2.14. The molecule has 0 aliphatic heterocycles. The van der Waals surface area contributed by atoms with Crippen molar-refractivity contribution in [2.45, 2.75) is 32.6 Å². The largest absolute Gasteiger partial charge is 0.389 e. The SMILES string of the molecule is CC(C)C(CN(C)C)NCC(O)COCc1ccccc1. The molecule has 0 fully saturated rings. The Morgan fingerprint density at radius 3 is 2.43 bits per heavy atom. The summed E-state index contributed by atoms with van der Waals surface area (Å²) in [5, 5.41) is 13.4. The Labute approximate surface area is 129 Å². The number of aliphatic hydroxyl groups excluding tert-OH is 1. The van der Waals surface area contributed by atoms with Crippen molar-refractivity contribution in [3.05, 3.63) is 35.9 Å². The Kier molecular flexibility index (Phi) is 8.54. The molecular formula is C17H30N2O2. The normalized spacial score (nSPS) is 14.6. The van der Waals surface area contributed by atoms with Gasteiger partial charge in [0.2, 0.25) is 0 Å². The van der Waals surface area contributed by atoms with Crippen molar-refractivity contribution >= 4 is 0 Å². The van der Waals surface area contributed by atoms with Crippen LogP contribution in [0.1, 0.15) is 19.4 Å². The van der Waals surface area contributed by atoms with E-state index in [1.165, 1.54) is 0 Å². The minimum Gasteiger partial charge on any atom is -0.389 e. The number of rotatable bonds is 10. The zero-order valence-corrected chi connectivity index (χ0v) is 13.7. The van der Waals surface area contributed by atoms with Crippen LogP contribution in [0.4, 0.5) is 0 Å². The van der Waals surface area contributed by atoms with E-state index in [9.17, 15) is 5.11 Å². The van der Waals surface area contributed by atoms with Gasteiger partial charge in [0.05, 0.1) is 19.3 Å². The molecule has 0 saturated carbocycles. The maximum absolute atomic E-state index is 9.99. The van der Waals surface area contributed by atoms with E-state index in [0.29, 0.717) is 31.7 Å². The summed E-state index contributed by atoms with van der Waals surface area (Å²) in [5.74, 6) is 0.532. The van der Waals surface area contributed by atoms with E-state index in [2.05, 4.69) is 38.2 Å². The molecule has 120 valence electrons. The van der Waals surface area contributed by atoms with Crippen LogP contribution in [0.25, 0.3) is 0 Å². The first-order valence-corrected chi connectivity index (χ1v) is 7.67. The zero-order chi connectivity index (χ0) is 15.7. The summed E-state index contributed by atoms with van der Waals surface area (Å²) >= 11 is 0. The predicted molar refractivity (Wildman–Crippen MR) is 87.3 cm³/mol. The average molecular weight is 294 g/mol. The molecule has 0 aliphatic carbocycles. The van der Waals surface area contributed by atoms with Crippen LogP contribution in [0, 0.1) is 5.92 Å². The monoisotopic (exact) mass is 294 g/mol. The maximum Gasteiger partial charge on any atom is 0.0897 e. The molecule has 0 amide bonds. The van der Waals surface area contributed by atoms with Crippen LogP contribution in [-0.4, -0.2) is 55.9 Å². The number of nitrogens with zero attached hydrogens (tertiary/aromatic N) is 1. The lowest BCUT2D eigenvalue weighted by Crippen LogP contribution is -2.45. The molecule has 2 atom stereocenters. The summed E-state index contributed by atoms with van der Waals surface area (Å²) in [6.45, 7) is 6.82. The Bertz CT molecular complexity index is 368. The number of likely N-dealkylation sites (N-methyl/N-ethyl adjacent to an activating group) is 1. The molecule has 0 spiro atoms. The Balaban J connectivity index is 2.21. The molecule has 1 rings (SSSR count). The predicted octanol–water partition coefficient (Wildman–Crippen LogP) is 1.74. The highest BCUT2D eigenvalue weighted by Gasteiger charge is 2.15. The van der Waals surface area contributed by atoms with E-state index in [1.807, 2.05) is 30.3 Å². The summed E-state index contributed by atoms with van der Waals surface area (Å²) in [6, 6.07) is 10.4. The second-order valence-corrected chi connectivity index (χ2v) is 6.18. The van der Waals surface area contributed by atoms with Crippen LogP contribution in [0.2, 0.25) is 0 Å². The van der Waals surface area contributed by atoms with E-state index in [1.54, 1.807) is 0 Å². The molecule has 1 aromatic carbocycles. The Morgan fingerprint density at radius 2 is 1.86 bits per heavy atom. The smallest absolute Gasteiger partial charge is 0.0897 e. The second-order valence-electron chi connectivity index (χ2n) is 6.18. The lowest BCUT2D eigenvalue weighted by molar-refractivity contribution is 0.0264. The van der Waals surface area contributed by atoms with E-state index in [0.717, 1.165) is 12.1 Å². The van der Waals surface area contributed by atoms with Crippen LogP contribution < -0.4 is 5.32 Å². The van der Waals surface area contributed by atoms with Gasteiger partial charge in [-0.25, -0.2) is 0 Å². The number of hydrogen-bond donors (Lipinski definition) is 2. The van der Waals surface area contributed by atoms with Gasteiger partial charge in [-0.1, -0.05) is 44.2 Å². The van der Waals surface area contributed by atoms with Crippen molar-refractivity contribution in [3.8, 4) is 0 Å². The van der Waals surface area contributed by atoms with Crippen LogP contribution >= 0.6 is 0 Å². The van der Waals surface area contributed by atoms with E-state index < -0.39 is 6.10 Å². The van der Waals surface area contributed by atoms with Gasteiger partial charge in [-0.05, 0) is 25.6 Å². The van der Waals surface area contributed by atoms with Gasteiger partial charge >= 0.3 is 0 Å². The molecule has 0 saturated heterocycles. The summed E-state index contributed by atoms with van der Waals surface area (Å²) in [5.41, 5.74) is 1.13. The summed E-state index contributed by atoms with van der Waals surface area (Å²) in [4.78, 5) is 2.16. The van der Waals surface area contributed by atoms with Gasteiger partial charge in [0.25, 0.3) is 0 Å². The molecule has 2 unspecified atom stereocenters. The number of aliphatic hydroxyl groups is 1. The first kappa shape index (κ1) is 18.1. The third kappa shape index (κ3) is 8.17. The third-order valence-corrected chi connectivity index (χ3v) is 3.40. The van der Waals surface area contributed by atoms with Crippen LogP contribution in [0.3, 0.4) is 0 Å². The van der Waals surface area contributed by atoms with E-state index >= 15 is 0 Å². The molecule has 1 aromatic rings. The lowest BCUT2D eigenvalue weighted by atomic mass is 10.0. The van der Waals surface area contributed by atoms with Crippen molar-refractivity contribution in [1.29, 1.82) is 0 Å². The van der Waals surface area contributed by atoms with Gasteiger partial charge in [-0.3, -0.25) is 0 Å². The lowest BCUT2D eigenvalue weighted by Gasteiger charge is -2.26. The summed E-state index contributed by atoms with van der Waals surface area (Å²) in [7, 11) is 4.13. The highest BCUT2D eigenvalue weighted by atomic mass is 16.5. The van der Waals surface area contributed by atoms with Crippen molar-refractivity contribution < 1.29 is 9.84 Å². The van der Waals surface area contributed by atoms with Crippen molar-refractivity contribution in [3.63, 3.8) is 0 Å². The highest BCUT2D eigenvalue weighted by molar-refractivity contribution is 5.13. The topological polar surface area (TPSA) is 44.7 Å².